The second-order valence-electron chi connectivity index (χ2n) is 4.98. The lowest BCUT2D eigenvalue weighted by atomic mass is 9.92. The molecule has 0 saturated heterocycles. The Morgan fingerprint density at radius 3 is 3.00 bits per heavy atom. The summed E-state index contributed by atoms with van der Waals surface area (Å²) in [6.07, 6.45) is 8.33. The van der Waals surface area contributed by atoms with E-state index in [0.717, 1.165) is 18.5 Å². The van der Waals surface area contributed by atoms with Crippen LogP contribution in [-0.2, 0) is 6.42 Å². The highest BCUT2D eigenvalue weighted by molar-refractivity contribution is 7.07. The van der Waals surface area contributed by atoms with Gasteiger partial charge < -0.3 is 5.32 Å². The van der Waals surface area contributed by atoms with Crippen LogP contribution in [0.5, 0.6) is 0 Å². The summed E-state index contributed by atoms with van der Waals surface area (Å²) in [4.78, 5) is 0. The first-order valence-electron chi connectivity index (χ1n) is 6.63. The first-order chi connectivity index (χ1) is 7.88. The minimum Gasteiger partial charge on any atom is -0.314 e. The Labute approximate surface area is 103 Å². The number of thiophene rings is 1. The van der Waals surface area contributed by atoms with E-state index in [2.05, 4.69) is 29.1 Å². The summed E-state index contributed by atoms with van der Waals surface area (Å²) in [7, 11) is 0. The molecule has 2 heteroatoms. The molecule has 1 aliphatic carbocycles. The van der Waals surface area contributed by atoms with Crippen LogP contribution in [0.1, 0.15) is 44.6 Å². The Morgan fingerprint density at radius 1 is 1.38 bits per heavy atom. The molecular weight excluding hydrogens is 214 g/mol. The van der Waals surface area contributed by atoms with Gasteiger partial charge in [-0.05, 0) is 54.1 Å². The van der Waals surface area contributed by atoms with Gasteiger partial charge in [0, 0.05) is 6.04 Å². The van der Waals surface area contributed by atoms with Gasteiger partial charge in [-0.3, -0.25) is 0 Å². The van der Waals surface area contributed by atoms with Gasteiger partial charge in [0.1, 0.15) is 0 Å². The normalized spacial score (nSPS) is 26.6. The molecule has 1 aliphatic rings. The van der Waals surface area contributed by atoms with E-state index in [9.17, 15) is 0 Å². The zero-order valence-electron chi connectivity index (χ0n) is 10.2. The van der Waals surface area contributed by atoms with Crippen molar-refractivity contribution in [3.63, 3.8) is 0 Å². The van der Waals surface area contributed by atoms with Gasteiger partial charge in [0.25, 0.3) is 0 Å². The summed E-state index contributed by atoms with van der Waals surface area (Å²) in [6.45, 7) is 3.34. The lowest BCUT2D eigenvalue weighted by Crippen LogP contribution is -2.30. The third-order valence-electron chi connectivity index (χ3n) is 3.63. The average molecular weight is 237 g/mol. The van der Waals surface area contributed by atoms with Crippen LogP contribution in [0.4, 0.5) is 0 Å². The summed E-state index contributed by atoms with van der Waals surface area (Å²) >= 11 is 1.83. The van der Waals surface area contributed by atoms with Crippen LogP contribution in [0, 0.1) is 5.92 Å². The van der Waals surface area contributed by atoms with Crippen molar-refractivity contribution in [1.82, 2.24) is 5.32 Å². The van der Waals surface area contributed by atoms with Crippen molar-refractivity contribution in [2.24, 2.45) is 5.92 Å². The molecule has 2 rings (SSSR count). The summed E-state index contributed by atoms with van der Waals surface area (Å²) in [5.41, 5.74) is 1.55. The van der Waals surface area contributed by atoms with E-state index in [0.29, 0.717) is 0 Å². The molecule has 1 saturated carbocycles. The molecule has 16 heavy (non-hydrogen) atoms. The first kappa shape index (κ1) is 12.1. The largest absolute Gasteiger partial charge is 0.314 e. The van der Waals surface area contributed by atoms with Crippen LogP contribution in [0.3, 0.4) is 0 Å². The van der Waals surface area contributed by atoms with Gasteiger partial charge in [0.15, 0.2) is 0 Å². The summed E-state index contributed by atoms with van der Waals surface area (Å²) in [6, 6.07) is 3.06. The van der Waals surface area contributed by atoms with Gasteiger partial charge in [-0.2, -0.15) is 11.3 Å². The van der Waals surface area contributed by atoms with Crippen LogP contribution in [0.15, 0.2) is 16.8 Å². The summed E-state index contributed by atoms with van der Waals surface area (Å²) in [5.74, 6) is 0.904. The molecule has 1 N–H and O–H groups in total. The number of nitrogens with one attached hydrogen (secondary N) is 1. The van der Waals surface area contributed by atoms with Gasteiger partial charge >= 0.3 is 0 Å². The third-order valence-corrected chi connectivity index (χ3v) is 4.36. The van der Waals surface area contributed by atoms with Crippen LogP contribution >= 0.6 is 11.3 Å². The monoisotopic (exact) mass is 237 g/mol. The minimum absolute atomic E-state index is 0.774. The van der Waals surface area contributed by atoms with E-state index >= 15 is 0 Å². The molecule has 0 aliphatic heterocycles. The van der Waals surface area contributed by atoms with Crippen molar-refractivity contribution in [2.45, 2.75) is 51.5 Å². The van der Waals surface area contributed by atoms with Gasteiger partial charge in [-0.15, -0.1) is 0 Å². The highest BCUT2D eigenvalue weighted by Gasteiger charge is 2.19. The fourth-order valence-electron chi connectivity index (χ4n) is 2.86. The van der Waals surface area contributed by atoms with Crippen LogP contribution < -0.4 is 5.32 Å². The fourth-order valence-corrected chi connectivity index (χ4v) is 3.54. The number of hydrogen-bond acceptors (Lipinski definition) is 2. The maximum Gasteiger partial charge on any atom is 0.00696 e. The van der Waals surface area contributed by atoms with E-state index in [1.165, 1.54) is 38.5 Å². The topological polar surface area (TPSA) is 12.0 Å². The molecule has 90 valence electrons. The minimum atomic E-state index is 0.774. The van der Waals surface area contributed by atoms with Crippen LogP contribution in [0.25, 0.3) is 0 Å². The molecular formula is C14H23NS. The highest BCUT2D eigenvalue weighted by atomic mass is 32.1. The molecule has 1 aromatic heterocycles. The molecule has 0 radical (unpaired) electrons. The first-order valence-corrected chi connectivity index (χ1v) is 7.57. The SMILES string of the molecule is CCNC1CCCCC(Cc2ccsc2)C1. The lowest BCUT2D eigenvalue weighted by Gasteiger charge is -2.20. The maximum absolute atomic E-state index is 3.64. The molecule has 2 atom stereocenters. The van der Waals surface area contributed by atoms with Gasteiger partial charge in [-0.25, -0.2) is 0 Å². The Kier molecular flexibility index (Phi) is 4.86. The standard InChI is InChI=1S/C14H23NS/c1-2-15-14-6-4-3-5-12(10-14)9-13-7-8-16-11-13/h7-8,11-12,14-15H,2-6,9-10H2,1H3. The predicted octanol–water partition coefficient (Wildman–Crippen LogP) is 3.85. The molecule has 0 bridgehead atoms. The third kappa shape index (κ3) is 3.60. The van der Waals surface area contributed by atoms with Gasteiger partial charge in [0.05, 0.1) is 0 Å². The molecule has 1 aromatic rings. The molecule has 2 unspecified atom stereocenters. The van der Waals surface area contributed by atoms with Crippen molar-refractivity contribution in [1.29, 1.82) is 0 Å². The summed E-state index contributed by atoms with van der Waals surface area (Å²) < 4.78 is 0. The quantitative estimate of drug-likeness (QED) is 0.784. The molecule has 1 fully saturated rings. The molecule has 0 spiro atoms. The van der Waals surface area contributed by atoms with Crippen molar-refractivity contribution in [3.05, 3.63) is 22.4 Å². The zero-order valence-corrected chi connectivity index (χ0v) is 11.1. The molecule has 0 amide bonds. The van der Waals surface area contributed by atoms with E-state index in [1.807, 2.05) is 11.3 Å². The van der Waals surface area contributed by atoms with Crippen LogP contribution in [-0.4, -0.2) is 12.6 Å². The van der Waals surface area contributed by atoms with E-state index in [4.69, 9.17) is 0 Å². The fraction of sp³-hybridized carbons (Fsp3) is 0.714. The van der Waals surface area contributed by atoms with Crippen molar-refractivity contribution >= 4 is 11.3 Å². The summed E-state index contributed by atoms with van der Waals surface area (Å²) in [5, 5.41) is 8.15. The van der Waals surface area contributed by atoms with Crippen molar-refractivity contribution in [3.8, 4) is 0 Å². The smallest absolute Gasteiger partial charge is 0.00696 e. The van der Waals surface area contributed by atoms with Gasteiger partial charge in [-0.1, -0.05) is 26.2 Å². The van der Waals surface area contributed by atoms with E-state index < -0.39 is 0 Å². The predicted molar refractivity (Wildman–Crippen MR) is 72.1 cm³/mol. The Hall–Kier alpha value is -0.340. The molecule has 1 nitrogen and oxygen atoms in total. The van der Waals surface area contributed by atoms with Crippen molar-refractivity contribution in [2.75, 3.05) is 6.54 Å². The van der Waals surface area contributed by atoms with E-state index in [-0.39, 0.29) is 0 Å². The average Bonchev–Trinajstić information content (AvgIpc) is 2.67. The maximum atomic E-state index is 3.64. The van der Waals surface area contributed by atoms with E-state index in [1.54, 1.807) is 5.56 Å². The Balaban J connectivity index is 1.87. The second kappa shape index (κ2) is 6.41. The number of rotatable bonds is 4. The lowest BCUT2D eigenvalue weighted by molar-refractivity contribution is 0.389. The van der Waals surface area contributed by atoms with Gasteiger partial charge in [0.2, 0.25) is 0 Å². The zero-order chi connectivity index (χ0) is 11.2. The molecule has 1 heterocycles. The van der Waals surface area contributed by atoms with Crippen molar-refractivity contribution < 1.29 is 0 Å². The highest BCUT2D eigenvalue weighted by Crippen LogP contribution is 2.27. The van der Waals surface area contributed by atoms with Crippen LogP contribution in [0.2, 0.25) is 0 Å². The number of hydrogen-bond donors (Lipinski definition) is 1. The second-order valence-corrected chi connectivity index (χ2v) is 5.76. The molecule has 0 aromatic carbocycles. The Bertz CT molecular complexity index is 281. The Morgan fingerprint density at radius 2 is 2.25 bits per heavy atom.